The topological polar surface area (TPSA) is 118 Å². The first-order valence-electron chi connectivity index (χ1n) is 10.2. The number of rotatable bonds is 5. The van der Waals surface area contributed by atoms with Gasteiger partial charge in [-0.05, 0) is 50.1 Å². The zero-order valence-corrected chi connectivity index (χ0v) is 18.1. The number of amides is 1. The van der Waals surface area contributed by atoms with E-state index in [0.29, 0.717) is 12.8 Å². The number of hydrogen-bond donors (Lipinski definition) is 2. The minimum absolute atomic E-state index is 0.0194. The predicted molar refractivity (Wildman–Crippen MR) is 116 cm³/mol. The minimum atomic E-state index is -3.78. The maximum atomic E-state index is 14.0. The average Bonchev–Trinajstić information content (AvgIpc) is 3.28. The Morgan fingerprint density at radius 1 is 1.22 bits per heavy atom. The van der Waals surface area contributed by atoms with Crippen molar-refractivity contribution in [1.29, 1.82) is 0 Å². The summed E-state index contributed by atoms with van der Waals surface area (Å²) < 4.78 is 41.7. The first kappa shape index (κ1) is 21.9. The normalized spacial score (nSPS) is 15.7. The summed E-state index contributed by atoms with van der Waals surface area (Å²) in [5, 5.41) is 10.7. The number of sulfone groups is 1. The van der Waals surface area contributed by atoms with Crippen molar-refractivity contribution in [3.8, 4) is 5.69 Å². The van der Waals surface area contributed by atoms with E-state index in [1.807, 2.05) is 0 Å². The van der Waals surface area contributed by atoms with Crippen LogP contribution in [0.5, 0.6) is 0 Å². The van der Waals surface area contributed by atoms with Gasteiger partial charge in [0.15, 0.2) is 9.84 Å². The molecule has 1 aliphatic carbocycles. The Morgan fingerprint density at radius 3 is 2.56 bits per heavy atom. The second-order valence-corrected chi connectivity index (χ2v) is 10.1. The lowest BCUT2D eigenvalue weighted by Crippen LogP contribution is -2.33. The second-order valence-electron chi connectivity index (χ2n) is 7.86. The van der Waals surface area contributed by atoms with Gasteiger partial charge in [-0.25, -0.2) is 22.6 Å². The fourth-order valence-corrected chi connectivity index (χ4v) is 6.29. The Morgan fingerprint density at radius 2 is 1.91 bits per heavy atom. The first-order chi connectivity index (χ1) is 15.2. The van der Waals surface area contributed by atoms with E-state index in [2.05, 4.69) is 10.3 Å². The van der Waals surface area contributed by atoms with Crippen LogP contribution in [0.4, 0.5) is 9.18 Å². The van der Waals surface area contributed by atoms with Gasteiger partial charge in [0.05, 0.1) is 32.8 Å². The van der Waals surface area contributed by atoms with E-state index >= 15 is 0 Å². The van der Waals surface area contributed by atoms with E-state index < -0.39 is 38.6 Å². The molecule has 10 heteroatoms. The standard InChI is InChI=1S/C22H22FN3O5S/c1-13(24-22(28)29)20-25-17-10-5-11-18(32(30,31)16-8-2-3-9-16)19(17)21(27)26(20)15-7-4-6-14(23)12-15/h4-7,10-13,16,24H,2-3,8-9H2,1H3,(H,28,29). The molecular weight excluding hydrogens is 437 g/mol. The molecule has 1 fully saturated rings. The van der Waals surface area contributed by atoms with Gasteiger partial charge in [-0.15, -0.1) is 0 Å². The van der Waals surface area contributed by atoms with Gasteiger partial charge in [0.2, 0.25) is 0 Å². The maximum absolute atomic E-state index is 14.0. The number of halogens is 1. The van der Waals surface area contributed by atoms with Crippen molar-refractivity contribution in [1.82, 2.24) is 14.9 Å². The van der Waals surface area contributed by atoms with Crippen molar-refractivity contribution >= 4 is 26.8 Å². The fourth-order valence-electron chi connectivity index (χ4n) is 4.24. The highest BCUT2D eigenvalue weighted by molar-refractivity contribution is 7.92. The molecule has 2 N–H and O–H groups in total. The quantitative estimate of drug-likeness (QED) is 0.602. The largest absolute Gasteiger partial charge is 0.465 e. The third kappa shape index (κ3) is 3.86. The molecule has 8 nitrogen and oxygen atoms in total. The van der Waals surface area contributed by atoms with Crippen molar-refractivity contribution in [2.24, 2.45) is 0 Å². The molecule has 1 heterocycles. The number of nitrogens with one attached hydrogen (secondary N) is 1. The van der Waals surface area contributed by atoms with Gasteiger partial charge < -0.3 is 10.4 Å². The molecule has 0 saturated heterocycles. The Balaban J connectivity index is 2.05. The van der Waals surface area contributed by atoms with Crippen molar-refractivity contribution < 1.29 is 22.7 Å². The van der Waals surface area contributed by atoms with Gasteiger partial charge in [0.1, 0.15) is 11.6 Å². The van der Waals surface area contributed by atoms with E-state index in [0.717, 1.165) is 23.5 Å². The van der Waals surface area contributed by atoms with E-state index in [4.69, 9.17) is 5.11 Å². The highest BCUT2D eigenvalue weighted by atomic mass is 32.2. The van der Waals surface area contributed by atoms with E-state index in [1.165, 1.54) is 43.3 Å². The lowest BCUT2D eigenvalue weighted by Gasteiger charge is -2.20. The molecule has 1 aliphatic rings. The van der Waals surface area contributed by atoms with Crippen LogP contribution in [0.15, 0.2) is 52.2 Å². The summed E-state index contributed by atoms with van der Waals surface area (Å²) in [7, 11) is -3.78. The monoisotopic (exact) mass is 459 g/mol. The van der Waals surface area contributed by atoms with Gasteiger partial charge in [-0.3, -0.25) is 9.36 Å². The Bertz CT molecular complexity index is 1360. The summed E-state index contributed by atoms with van der Waals surface area (Å²) in [4.78, 5) is 29.2. The molecule has 1 unspecified atom stereocenters. The van der Waals surface area contributed by atoms with Crippen LogP contribution in [0.25, 0.3) is 16.6 Å². The molecule has 1 saturated carbocycles. The molecule has 0 bridgehead atoms. The van der Waals surface area contributed by atoms with Crippen LogP contribution in [0.2, 0.25) is 0 Å². The molecular formula is C22H22FN3O5S. The molecule has 4 rings (SSSR count). The lowest BCUT2D eigenvalue weighted by molar-refractivity contribution is 0.190. The summed E-state index contributed by atoms with van der Waals surface area (Å²) in [6.07, 6.45) is 1.35. The first-order valence-corrected chi connectivity index (χ1v) is 11.8. The van der Waals surface area contributed by atoms with Crippen LogP contribution in [-0.4, -0.2) is 34.4 Å². The molecule has 168 valence electrons. The summed E-state index contributed by atoms with van der Waals surface area (Å²) in [6, 6.07) is 8.69. The van der Waals surface area contributed by atoms with Crippen molar-refractivity contribution in [2.75, 3.05) is 0 Å². The molecule has 0 radical (unpaired) electrons. The number of nitrogens with zero attached hydrogens (tertiary/aromatic N) is 2. The van der Waals surface area contributed by atoms with Crippen LogP contribution in [-0.2, 0) is 9.84 Å². The molecule has 0 spiro atoms. The van der Waals surface area contributed by atoms with Gasteiger partial charge in [-0.2, -0.15) is 0 Å². The number of carbonyl (C=O) groups is 1. The highest BCUT2D eigenvalue weighted by Crippen LogP contribution is 2.32. The van der Waals surface area contributed by atoms with Crippen LogP contribution in [0.1, 0.15) is 44.5 Å². The van der Waals surface area contributed by atoms with Crippen molar-refractivity contribution in [3.63, 3.8) is 0 Å². The number of benzene rings is 2. The van der Waals surface area contributed by atoms with E-state index in [-0.39, 0.29) is 27.3 Å². The Hall–Kier alpha value is -3.27. The molecule has 1 aromatic heterocycles. The zero-order chi connectivity index (χ0) is 23.0. The molecule has 0 aliphatic heterocycles. The number of aromatic nitrogens is 2. The van der Waals surface area contributed by atoms with Gasteiger partial charge >= 0.3 is 6.09 Å². The molecule has 32 heavy (non-hydrogen) atoms. The summed E-state index contributed by atoms with van der Waals surface area (Å²) in [6.45, 7) is 1.50. The van der Waals surface area contributed by atoms with E-state index in [1.54, 1.807) is 0 Å². The third-order valence-corrected chi connectivity index (χ3v) is 8.03. The number of carboxylic acid groups (broad SMARTS) is 1. The Kier molecular flexibility index (Phi) is 5.72. The van der Waals surface area contributed by atoms with Gasteiger partial charge in [0.25, 0.3) is 5.56 Å². The highest BCUT2D eigenvalue weighted by Gasteiger charge is 2.33. The summed E-state index contributed by atoms with van der Waals surface area (Å²) in [5.74, 6) is -0.586. The minimum Gasteiger partial charge on any atom is -0.465 e. The predicted octanol–water partition coefficient (Wildman–Crippen LogP) is 3.57. The van der Waals surface area contributed by atoms with Crippen LogP contribution < -0.4 is 10.9 Å². The van der Waals surface area contributed by atoms with Gasteiger partial charge in [-0.1, -0.05) is 25.0 Å². The molecule has 3 aromatic rings. The molecule has 1 amide bonds. The maximum Gasteiger partial charge on any atom is 0.405 e. The number of fused-ring (bicyclic) bond motifs is 1. The lowest BCUT2D eigenvalue weighted by atomic mass is 10.2. The second kappa shape index (κ2) is 8.34. The van der Waals surface area contributed by atoms with E-state index in [9.17, 15) is 22.4 Å². The SMILES string of the molecule is CC(NC(=O)O)c1nc2cccc(S(=O)(=O)C3CCCC3)c2c(=O)n1-c1cccc(F)c1. The third-order valence-electron chi connectivity index (χ3n) is 5.73. The van der Waals surface area contributed by atoms with Crippen LogP contribution >= 0.6 is 0 Å². The van der Waals surface area contributed by atoms with Crippen molar-refractivity contribution in [3.05, 3.63) is 64.5 Å². The summed E-state index contributed by atoms with van der Waals surface area (Å²) >= 11 is 0. The van der Waals surface area contributed by atoms with Gasteiger partial charge in [0, 0.05) is 0 Å². The average molecular weight is 459 g/mol. The smallest absolute Gasteiger partial charge is 0.405 e. The fraction of sp³-hybridized carbons (Fsp3) is 0.318. The molecule has 2 aromatic carbocycles. The van der Waals surface area contributed by atoms with Crippen LogP contribution in [0, 0.1) is 5.82 Å². The van der Waals surface area contributed by atoms with Crippen molar-refractivity contribution in [2.45, 2.75) is 48.8 Å². The molecule has 1 atom stereocenters. The summed E-state index contributed by atoms with van der Waals surface area (Å²) in [5.41, 5.74) is -0.450. The zero-order valence-electron chi connectivity index (χ0n) is 17.3. The Labute approximate surface area is 183 Å². The van der Waals surface area contributed by atoms with Crippen LogP contribution in [0.3, 0.4) is 0 Å². The number of hydrogen-bond acceptors (Lipinski definition) is 5.